The van der Waals surface area contributed by atoms with Crippen LogP contribution in [0.25, 0.3) is 0 Å². The lowest BCUT2D eigenvalue weighted by Crippen LogP contribution is -2.34. The molecule has 1 atom stereocenters. The number of hydrogen-bond acceptors (Lipinski definition) is 4. The number of hydrogen-bond donors (Lipinski definition) is 2. The van der Waals surface area contributed by atoms with E-state index in [4.69, 9.17) is 4.42 Å². The molecule has 0 bridgehead atoms. The van der Waals surface area contributed by atoms with Crippen molar-refractivity contribution in [3.63, 3.8) is 0 Å². The number of carbonyl (C=O) groups excluding carboxylic acids is 2. The van der Waals surface area contributed by atoms with Gasteiger partial charge < -0.3 is 19.7 Å². The number of carboxylic acids is 1. The van der Waals surface area contributed by atoms with Crippen LogP contribution in [-0.2, 0) is 4.79 Å². The number of nitrogens with one attached hydrogen (secondary N) is 1. The molecule has 2 N–H and O–H groups in total. The topological polar surface area (TPSA) is 99.9 Å². The van der Waals surface area contributed by atoms with Gasteiger partial charge in [0.25, 0.3) is 11.8 Å². The standard InChI is InChI=1S/C19H22N2O5/c1-3-7-13(19(24)25)12-20-17(22)14-8-4-5-9-15(14)21(2)18(23)16-10-6-11-26-16/h4-6,8-11,13H,3,7,12H2,1-2H3,(H,20,22)(H,24,25). The highest BCUT2D eigenvalue weighted by Crippen LogP contribution is 2.21. The Morgan fingerprint density at radius 3 is 2.54 bits per heavy atom. The molecule has 0 aliphatic carbocycles. The molecule has 0 saturated heterocycles. The quantitative estimate of drug-likeness (QED) is 0.756. The highest BCUT2D eigenvalue weighted by molar-refractivity contribution is 6.09. The largest absolute Gasteiger partial charge is 0.481 e. The zero-order valence-corrected chi connectivity index (χ0v) is 14.8. The Hall–Kier alpha value is -3.09. The van der Waals surface area contributed by atoms with E-state index >= 15 is 0 Å². The summed E-state index contributed by atoms with van der Waals surface area (Å²) >= 11 is 0. The van der Waals surface area contributed by atoms with Gasteiger partial charge in [-0.2, -0.15) is 0 Å². The smallest absolute Gasteiger partial charge is 0.308 e. The normalized spacial score (nSPS) is 11.6. The first kappa shape index (κ1) is 19.2. The average molecular weight is 358 g/mol. The van der Waals surface area contributed by atoms with Crippen LogP contribution >= 0.6 is 0 Å². The number of carboxylic acid groups (broad SMARTS) is 1. The molecule has 0 aliphatic heterocycles. The molecule has 2 aromatic rings. The van der Waals surface area contributed by atoms with Crippen molar-refractivity contribution in [3.05, 3.63) is 54.0 Å². The number of aliphatic carboxylic acids is 1. The van der Waals surface area contributed by atoms with Crippen LogP contribution in [0.2, 0.25) is 0 Å². The van der Waals surface area contributed by atoms with Gasteiger partial charge in [0.15, 0.2) is 5.76 Å². The van der Waals surface area contributed by atoms with Crippen molar-refractivity contribution in [3.8, 4) is 0 Å². The van der Waals surface area contributed by atoms with Crippen molar-refractivity contribution in [2.45, 2.75) is 19.8 Å². The molecule has 0 fully saturated rings. The van der Waals surface area contributed by atoms with E-state index in [1.165, 1.54) is 11.2 Å². The molecule has 1 aromatic heterocycles. The zero-order valence-electron chi connectivity index (χ0n) is 14.8. The lowest BCUT2D eigenvalue weighted by molar-refractivity contribution is -0.141. The summed E-state index contributed by atoms with van der Waals surface area (Å²) < 4.78 is 5.11. The molecule has 7 heteroatoms. The Morgan fingerprint density at radius 2 is 1.92 bits per heavy atom. The van der Waals surface area contributed by atoms with E-state index < -0.39 is 17.8 Å². The van der Waals surface area contributed by atoms with E-state index in [9.17, 15) is 19.5 Å². The number of rotatable bonds is 8. The predicted octanol–water partition coefficient (Wildman–Crippen LogP) is 2.79. The van der Waals surface area contributed by atoms with Crippen molar-refractivity contribution >= 4 is 23.5 Å². The van der Waals surface area contributed by atoms with Gasteiger partial charge in [-0.05, 0) is 30.7 Å². The number of nitrogens with zero attached hydrogens (tertiary/aromatic N) is 1. The molecule has 1 heterocycles. The highest BCUT2D eigenvalue weighted by atomic mass is 16.4. The van der Waals surface area contributed by atoms with Gasteiger partial charge in [-0.25, -0.2) is 0 Å². The summed E-state index contributed by atoms with van der Waals surface area (Å²) in [4.78, 5) is 37.5. The van der Waals surface area contributed by atoms with Gasteiger partial charge in [0.05, 0.1) is 23.4 Å². The second-order valence-corrected chi connectivity index (χ2v) is 5.89. The Kier molecular flexibility index (Phi) is 6.54. The maximum atomic E-state index is 12.5. The third kappa shape index (κ3) is 4.50. The molecule has 0 saturated carbocycles. The average Bonchev–Trinajstić information content (AvgIpc) is 3.18. The van der Waals surface area contributed by atoms with E-state index in [2.05, 4.69) is 5.32 Å². The number of carbonyl (C=O) groups is 3. The second kappa shape index (κ2) is 8.84. The lowest BCUT2D eigenvalue weighted by Gasteiger charge is -2.20. The summed E-state index contributed by atoms with van der Waals surface area (Å²) in [6.45, 7) is 1.93. The molecule has 2 amide bonds. The van der Waals surface area contributed by atoms with E-state index in [1.54, 1.807) is 43.4 Å². The summed E-state index contributed by atoms with van der Waals surface area (Å²) in [5.74, 6) is -2.23. The van der Waals surface area contributed by atoms with Gasteiger partial charge in [-0.3, -0.25) is 14.4 Å². The van der Waals surface area contributed by atoms with Crippen LogP contribution < -0.4 is 10.2 Å². The SMILES string of the molecule is CCCC(CNC(=O)c1ccccc1N(C)C(=O)c1ccco1)C(=O)O. The zero-order chi connectivity index (χ0) is 19.1. The van der Waals surface area contributed by atoms with E-state index in [-0.39, 0.29) is 23.8 Å². The molecule has 1 aromatic carbocycles. The van der Waals surface area contributed by atoms with Crippen LogP contribution in [0.15, 0.2) is 47.1 Å². The van der Waals surface area contributed by atoms with Crippen LogP contribution in [0.3, 0.4) is 0 Å². The van der Waals surface area contributed by atoms with Crippen LogP contribution in [-0.4, -0.2) is 36.5 Å². The lowest BCUT2D eigenvalue weighted by atomic mass is 10.0. The number of benzene rings is 1. The van der Waals surface area contributed by atoms with Crippen LogP contribution in [0.5, 0.6) is 0 Å². The van der Waals surface area contributed by atoms with Gasteiger partial charge in [0, 0.05) is 13.6 Å². The second-order valence-electron chi connectivity index (χ2n) is 5.89. The fourth-order valence-electron chi connectivity index (χ4n) is 2.61. The molecular formula is C19H22N2O5. The summed E-state index contributed by atoms with van der Waals surface area (Å²) in [7, 11) is 1.55. The summed E-state index contributed by atoms with van der Waals surface area (Å²) in [6.07, 6.45) is 2.59. The third-order valence-corrected chi connectivity index (χ3v) is 4.04. The van der Waals surface area contributed by atoms with Crippen molar-refractivity contribution < 1.29 is 23.9 Å². The van der Waals surface area contributed by atoms with Gasteiger partial charge in [-0.15, -0.1) is 0 Å². The maximum Gasteiger partial charge on any atom is 0.308 e. The van der Waals surface area contributed by atoms with Gasteiger partial charge in [0.1, 0.15) is 0 Å². The fourth-order valence-corrected chi connectivity index (χ4v) is 2.61. The Balaban J connectivity index is 2.16. The van der Waals surface area contributed by atoms with Gasteiger partial charge in [-0.1, -0.05) is 25.5 Å². The summed E-state index contributed by atoms with van der Waals surface area (Å²) in [5, 5.41) is 11.8. The van der Waals surface area contributed by atoms with E-state index in [0.717, 1.165) is 0 Å². The summed E-state index contributed by atoms with van der Waals surface area (Å²) in [6, 6.07) is 9.80. The molecule has 2 rings (SSSR count). The van der Waals surface area contributed by atoms with Gasteiger partial charge >= 0.3 is 5.97 Å². The van der Waals surface area contributed by atoms with Crippen molar-refractivity contribution in [2.75, 3.05) is 18.5 Å². The summed E-state index contributed by atoms with van der Waals surface area (Å²) in [5.41, 5.74) is 0.698. The molecule has 138 valence electrons. The molecule has 7 nitrogen and oxygen atoms in total. The molecule has 1 unspecified atom stereocenters. The molecule has 0 spiro atoms. The number of para-hydroxylation sites is 1. The minimum atomic E-state index is -0.939. The Bertz CT molecular complexity index is 770. The first-order valence-electron chi connectivity index (χ1n) is 8.37. The van der Waals surface area contributed by atoms with Crippen molar-refractivity contribution in [2.24, 2.45) is 5.92 Å². The van der Waals surface area contributed by atoms with Crippen LogP contribution in [0, 0.1) is 5.92 Å². The van der Waals surface area contributed by atoms with E-state index in [1.807, 2.05) is 6.92 Å². The highest BCUT2D eigenvalue weighted by Gasteiger charge is 2.22. The minimum Gasteiger partial charge on any atom is -0.481 e. The first-order valence-corrected chi connectivity index (χ1v) is 8.37. The third-order valence-electron chi connectivity index (χ3n) is 4.04. The monoisotopic (exact) mass is 358 g/mol. The maximum absolute atomic E-state index is 12.5. The number of furan rings is 1. The van der Waals surface area contributed by atoms with Crippen LogP contribution in [0.1, 0.15) is 40.7 Å². The van der Waals surface area contributed by atoms with Crippen LogP contribution in [0.4, 0.5) is 5.69 Å². The molecule has 0 radical (unpaired) electrons. The predicted molar refractivity (Wildman–Crippen MR) is 96.3 cm³/mol. The molecule has 0 aliphatic rings. The Labute approximate surface area is 151 Å². The first-order chi connectivity index (χ1) is 12.5. The number of amides is 2. The number of anilines is 1. The van der Waals surface area contributed by atoms with Crippen molar-refractivity contribution in [1.29, 1.82) is 0 Å². The molecular weight excluding hydrogens is 336 g/mol. The van der Waals surface area contributed by atoms with E-state index in [0.29, 0.717) is 18.5 Å². The minimum absolute atomic E-state index is 0.0339. The Morgan fingerprint density at radius 1 is 1.19 bits per heavy atom. The molecule has 26 heavy (non-hydrogen) atoms. The van der Waals surface area contributed by atoms with Gasteiger partial charge in [0.2, 0.25) is 0 Å². The van der Waals surface area contributed by atoms with Crippen molar-refractivity contribution in [1.82, 2.24) is 5.32 Å². The fraction of sp³-hybridized carbons (Fsp3) is 0.316.